The van der Waals surface area contributed by atoms with E-state index < -0.39 is 0 Å². The second kappa shape index (κ2) is 4.07. The molecule has 1 saturated heterocycles. The fourth-order valence-corrected chi connectivity index (χ4v) is 1.49. The molecule has 1 aliphatic rings. The molecule has 1 unspecified atom stereocenters. The van der Waals surface area contributed by atoms with Crippen LogP contribution in [0.3, 0.4) is 0 Å². The normalized spacial score (nSPS) is 23.1. The van der Waals surface area contributed by atoms with E-state index in [2.05, 4.69) is 0 Å². The van der Waals surface area contributed by atoms with E-state index in [9.17, 15) is 4.79 Å². The average Bonchev–Trinajstić information content (AvgIpc) is 2.05. The average molecular weight is 177 g/mol. The minimum Gasteiger partial charge on any atom is -0.381 e. The summed E-state index contributed by atoms with van der Waals surface area (Å²) in [4.78, 5) is 11.3. The lowest BCUT2D eigenvalue weighted by molar-refractivity contribution is -0.125. The third-order valence-electron chi connectivity index (χ3n) is 2.02. The van der Waals surface area contributed by atoms with Gasteiger partial charge in [-0.2, -0.15) is 0 Å². The minimum atomic E-state index is -0.335. The van der Waals surface area contributed by atoms with E-state index in [4.69, 9.17) is 16.3 Å². The summed E-state index contributed by atoms with van der Waals surface area (Å²) in [6.07, 6.45) is 1.69. The molecule has 3 heteroatoms. The number of ether oxygens (including phenoxy) is 1. The van der Waals surface area contributed by atoms with Gasteiger partial charge in [0.15, 0.2) is 5.78 Å². The van der Waals surface area contributed by atoms with Crippen molar-refractivity contribution in [1.82, 2.24) is 0 Å². The molecule has 0 aromatic carbocycles. The number of rotatable bonds is 2. The van der Waals surface area contributed by atoms with Crippen molar-refractivity contribution < 1.29 is 9.53 Å². The second-order valence-electron chi connectivity index (χ2n) is 2.91. The Labute approximate surface area is 71.9 Å². The molecule has 1 heterocycles. The molecule has 0 spiro atoms. The topological polar surface area (TPSA) is 26.3 Å². The third kappa shape index (κ3) is 2.46. The van der Waals surface area contributed by atoms with E-state index in [0.29, 0.717) is 13.2 Å². The Bertz CT molecular complexity index is 139. The SMILES string of the molecule is CC(Cl)C(=O)C1CCOCC1. The van der Waals surface area contributed by atoms with Crippen LogP contribution in [0.15, 0.2) is 0 Å². The van der Waals surface area contributed by atoms with Crippen LogP contribution in [0.25, 0.3) is 0 Å². The molecule has 1 atom stereocenters. The van der Waals surface area contributed by atoms with Gasteiger partial charge >= 0.3 is 0 Å². The lowest BCUT2D eigenvalue weighted by Crippen LogP contribution is -2.27. The smallest absolute Gasteiger partial charge is 0.153 e. The van der Waals surface area contributed by atoms with Crippen molar-refractivity contribution in [2.24, 2.45) is 5.92 Å². The molecule has 0 aromatic heterocycles. The molecule has 2 nitrogen and oxygen atoms in total. The fraction of sp³-hybridized carbons (Fsp3) is 0.875. The van der Waals surface area contributed by atoms with Crippen LogP contribution in [0.1, 0.15) is 19.8 Å². The lowest BCUT2D eigenvalue weighted by Gasteiger charge is -2.21. The van der Waals surface area contributed by atoms with Gasteiger partial charge in [0.25, 0.3) is 0 Å². The van der Waals surface area contributed by atoms with Gasteiger partial charge in [-0.3, -0.25) is 4.79 Å². The van der Waals surface area contributed by atoms with Crippen LogP contribution in [-0.4, -0.2) is 24.4 Å². The summed E-state index contributed by atoms with van der Waals surface area (Å²) in [5.41, 5.74) is 0. The van der Waals surface area contributed by atoms with Crippen molar-refractivity contribution in [3.8, 4) is 0 Å². The van der Waals surface area contributed by atoms with Crippen molar-refractivity contribution >= 4 is 17.4 Å². The highest BCUT2D eigenvalue weighted by molar-refractivity contribution is 6.31. The van der Waals surface area contributed by atoms with Gasteiger partial charge in [0.05, 0.1) is 5.38 Å². The number of carbonyl (C=O) groups is 1. The first kappa shape index (κ1) is 9.01. The van der Waals surface area contributed by atoms with Gasteiger partial charge in [-0.05, 0) is 19.8 Å². The first-order chi connectivity index (χ1) is 5.22. The molecule has 0 aliphatic carbocycles. The zero-order valence-electron chi connectivity index (χ0n) is 6.68. The summed E-state index contributed by atoms with van der Waals surface area (Å²) in [7, 11) is 0. The van der Waals surface area contributed by atoms with E-state index in [1.165, 1.54) is 0 Å². The molecule has 1 rings (SSSR count). The number of hydrogen-bond acceptors (Lipinski definition) is 2. The Morgan fingerprint density at radius 2 is 2.09 bits per heavy atom. The molecule has 0 bridgehead atoms. The van der Waals surface area contributed by atoms with E-state index in [1.54, 1.807) is 6.92 Å². The Morgan fingerprint density at radius 1 is 1.55 bits per heavy atom. The van der Waals surface area contributed by atoms with Crippen LogP contribution in [0, 0.1) is 5.92 Å². The predicted molar refractivity (Wildman–Crippen MR) is 43.9 cm³/mol. The number of halogens is 1. The molecule has 0 saturated carbocycles. The molecule has 0 amide bonds. The molecular formula is C8H13ClO2. The maximum absolute atomic E-state index is 11.3. The summed E-state index contributed by atoms with van der Waals surface area (Å²) in [5, 5.41) is -0.335. The third-order valence-corrected chi connectivity index (χ3v) is 2.23. The summed E-state index contributed by atoms with van der Waals surface area (Å²) < 4.78 is 5.13. The first-order valence-electron chi connectivity index (χ1n) is 3.97. The van der Waals surface area contributed by atoms with Gasteiger partial charge in [0.1, 0.15) is 0 Å². The molecule has 1 aliphatic heterocycles. The zero-order chi connectivity index (χ0) is 8.27. The Kier molecular flexibility index (Phi) is 3.34. The number of carbonyl (C=O) groups excluding carboxylic acids is 1. The second-order valence-corrected chi connectivity index (χ2v) is 3.56. The first-order valence-corrected chi connectivity index (χ1v) is 4.41. The largest absolute Gasteiger partial charge is 0.381 e. The Balaban J connectivity index is 2.39. The van der Waals surface area contributed by atoms with E-state index in [1.807, 2.05) is 0 Å². The maximum Gasteiger partial charge on any atom is 0.153 e. The molecule has 0 aromatic rings. The monoisotopic (exact) mass is 176 g/mol. The molecule has 0 radical (unpaired) electrons. The Hall–Kier alpha value is -0.0800. The van der Waals surface area contributed by atoms with Gasteiger partial charge in [-0.1, -0.05) is 0 Å². The highest BCUT2D eigenvalue weighted by Crippen LogP contribution is 2.18. The van der Waals surface area contributed by atoms with Crippen LogP contribution in [-0.2, 0) is 9.53 Å². The molecule has 11 heavy (non-hydrogen) atoms. The van der Waals surface area contributed by atoms with Gasteiger partial charge in [-0.15, -0.1) is 11.6 Å². The predicted octanol–water partition coefficient (Wildman–Crippen LogP) is 1.61. The van der Waals surface area contributed by atoms with Crippen LogP contribution < -0.4 is 0 Å². The van der Waals surface area contributed by atoms with Crippen molar-refractivity contribution in [2.45, 2.75) is 25.1 Å². The molecular weight excluding hydrogens is 164 g/mol. The van der Waals surface area contributed by atoms with Crippen molar-refractivity contribution in [2.75, 3.05) is 13.2 Å². The zero-order valence-corrected chi connectivity index (χ0v) is 7.43. The highest BCUT2D eigenvalue weighted by atomic mass is 35.5. The number of ketones is 1. The van der Waals surface area contributed by atoms with Gasteiger partial charge in [0, 0.05) is 19.1 Å². The number of alkyl halides is 1. The summed E-state index contributed by atoms with van der Waals surface area (Å²) in [6.45, 7) is 3.15. The molecule has 1 fully saturated rings. The Morgan fingerprint density at radius 3 is 2.55 bits per heavy atom. The summed E-state index contributed by atoms with van der Waals surface area (Å²) in [6, 6.07) is 0. The summed E-state index contributed by atoms with van der Waals surface area (Å²) in [5.74, 6) is 0.325. The minimum absolute atomic E-state index is 0.149. The summed E-state index contributed by atoms with van der Waals surface area (Å²) >= 11 is 5.67. The quantitative estimate of drug-likeness (QED) is 0.598. The van der Waals surface area contributed by atoms with Crippen molar-refractivity contribution in [3.05, 3.63) is 0 Å². The lowest BCUT2D eigenvalue weighted by atomic mass is 9.94. The van der Waals surface area contributed by atoms with Crippen molar-refractivity contribution in [1.29, 1.82) is 0 Å². The highest BCUT2D eigenvalue weighted by Gasteiger charge is 2.24. The van der Waals surface area contributed by atoms with E-state index in [0.717, 1.165) is 12.8 Å². The number of Topliss-reactive ketones (excluding diaryl/α,β-unsaturated/α-hetero) is 1. The van der Waals surface area contributed by atoms with Crippen molar-refractivity contribution in [3.63, 3.8) is 0 Å². The van der Waals surface area contributed by atoms with Crippen LogP contribution in [0.2, 0.25) is 0 Å². The van der Waals surface area contributed by atoms with E-state index in [-0.39, 0.29) is 17.1 Å². The van der Waals surface area contributed by atoms with Crippen LogP contribution in [0.5, 0.6) is 0 Å². The number of hydrogen-bond donors (Lipinski definition) is 0. The maximum atomic E-state index is 11.3. The molecule has 0 N–H and O–H groups in total. The standard InChI is InChI=1S/C8H13ClO2/c1-6(9)8(10)7-2-4-11-5-3-7/h6-7H,2-5H2,1H3. The van der Waals surface area contributed by atoms with Crippen LogP contribution in [0.4, 0.5) is 0 Å². The van der Waals surface area contributed by atoms with E-state index >= 15 is 0 Å². The molecule has 64 valence electrons. The van der Waals surface area contributed by atoms with Crippen LogP contribution >= 0.6 is 11.6 Å². The van der Waals surface area contributed by atoms with Gasteiger partial charge < -0.3 is 4.74 Å². The van der Waals surface area contributed by atoms with Gasteiger partial charge in [-0.25, -0.2) is 0 Å². The fourth-order valence-electron chi connectivity index (χ4n) is 1.31. The van der Waals surface area contributed by atoms with Gasteiger partial charge in [0.2, 0.25) is 0 Å².